The maximum Gasteiger partial charge on any atom is 0.328 e. The van der Waals surface area contributed by atoms with E-state index in [2.05, 4.69) is 4.72 Å². The fraction of sp³-hybridized carbons (Fsp3) is 0.417. The van der Waals surface area contributed by atoms with E-state index >= 15 is 0 Å². The van der Waals surface area contributed by atoms with Crippen LogP contribution in [-0.2, 0) is 26.1 Å². The molecule has 1 aromatic rings. The molecule has 0 spiro atoms. The summed E-state index contributed by atoms with van der Waals surface area (Å²) in [6.45, 7) is 0.554. The van der Waals surface area contributed by atoms with E-state index in [9.17, 15) is 13.2 Å². The fourth-order valence-electron chi connectivity index (χ4n) is 1.44. The third-order valence-electron chi connectivity index (χ3n) is 2.40. The van der Waals surface area contributed by atoms with Crippen molar-refractivity contribution in [2.45, 2.75) is 13.0 Å². The van der Waals surface area contributed by atoms with Gasteiger partial charge in [-0.1, -0.05) is 0 Å². The molecule has 0 aliphatic heterocycles. The third kappa shape index (κ3) is 6.29. The average Bonchev–Trinajstić information content (AvgIpc) is 2.82. The van der Waals surface area contributed by atoms with E-state index in [1.54, 1.807) is 11.4 Å². The van der Waals surface area contributed by atoms with Crippen LogP contribution in [0.1, 0.15) is 16.9 Å². The first kappa shape index (κ1) is 16.8. The summed E-state index contributed by atoms with van der Waals surface area (Å²) in [5, 5.41) is 10.4. The summed E-state index contributed by atoms with van der Waals surface area (Å²) in [7, 11) is -1.82. The summed E-state index contributed by atoms with van der Waals surface area (Å²) in [4.78, 5) is 11.2. The number of nitrogens with one attached hydrogen (secondary N) is 1. The summed E-state index contributed by atoms with van der Waals surface area (Å²) in [5.74, 6) is -1.03. The Morgan fingerprint density at radius 3 is 2.95 bits per heavy atom. The minimum absolute atomic E-state index is 0.00646. The van der Waals surface area contributed by atoms with Gasteiger partial charge in [0.15, 0.2) is 0 Å². The van der Waals surface area contributed by atoms with Gasteiger partial charge in [0.25, 0.3) is 0 Å². The van der Waals surface area contributed by atoms with Crippen molar-refractivity contribution < 1.29 is 23.1 Å². The predicted octanol–water partition coefficient (Wildman–Crippen LogP) is 1.30. The van der Waals surface area contributed by atoms with Crippen molar-refractivity contribution in [3.63, 3.8) is 0 Å². The molecule has 1 rings (SSSR count). The Morgan fingerprint density at radius 2 is 2.30 bits per heavy atom. The van der Waals surface area contributed by atoms with E-state index in [1.807, 2.05) is 0 Å². The van der Waals surface area contributed by atoms with Gasteiger partial charge in [-0.2, -0.15) is 0 Å². The fourth-order valence-corrected chi connectivity index (χ4v) is 3.35. The van der Waals surface area contributed by atoms with E-state index in [0.29, 0.717) is 18.6 Å². The van der Waals surface area contributed by atoms with Gasteiger partial charge in [-0.05, 0) is 29.5 Å². The largest absolute Gasteiger partial charge is 0.478 e. The van der Waals surface area contributed by atoms with Crippen molar-refractivity contribution in [2.24, 2.45) is 0 Å². The van der Waals surface area contributed by atoms with Crippen LogP contribution < -0.4 is 4.72 Å². The van der Waals surface area contributed by atoms with Gasteiger partial charge in [-0.25, -0.2) is 17.9 Å². The summed E-state index contributed by atoms with van der Waals surface area (Å²) in [6.07, 6.45) is 2.91. The lowest BCUT2D eigenvalue weighted by Crippen LogP contribution is -2.26. The van der Waals surface area contributed by atoms with Crippen LogP contribution in [0.25, 0.3) is 6.08 Å². The molecular weight excluding hydrogens is 302 g/mol. The van der Waals surface area contributed by atoms with Gasteiger partial charge in [-0.3, -0.25) is 0 Å². The second-order valence-electron chi connectivity index (χ2n) is 3.96. The zero-order valence-electron chi connectivity index (χ0n) is 11.0. The Morgan fingerprint density at radius 1 is 1.55 bits per heavy atom. The lowest BCUT2D eigenvalue weighted by Gasteiger charge is -2.06. The summed E-state index contributed by atoms with van der Waals surface area (Å²) >= 11 is 1.37. The number of hydrogen-bond donors (Lipinski definition) is 2. The molecule has 0 unspecified atom stereocenters. The van der Waals surface area contributed by atoms with Gasteiger partial charge in [0.2, 0.25) is 10.0 Å². The normalized spacial score (nSPS) is 12.1. The molecule has 0 aromatic carbocycles. The standard InChI is InChI=1S/C12H17NO5S2/c1-18-6-2-8-20(16,17)13-9-11-10(5-7-19-11)3-4-12(14)15/h3-5,7,13H,2,6,8-9H2,1H3,(H,14,15)/b4-3+. The highest BCUT2D eigenvalue weighted by atomic mass is 32.2. The zero-order chi connectivity index (χ0) is 15.0. The van der Waals surface area contributed by atoms with Gasteiger partial charge >= 0.3 is 5.97 Å². The quantitative estimate of drug-likeness (QED) is 0.529. The van der Waals surface area contributed by atoms with Crippen molar-refractivity contribution in [2.75, 3.05) is 19.5 Å². The molecule has 0 aliphatic carbocycles. The molecule has 0 radical (unpaired) electrons. The number of rotatable bonds is 9. The van der Waals surface area contributed by atoms with Gasteiger partial charge < -0.3 is 9.84 Å². The summed E-state index contributed by atoms with van der Waals surface area (Å²) in [6, 6.07) is 1.75. The highest BCUT2D eigenvalue weighted by Gasteiger charge is 2.11. The Kier molecular flexibility index (Phi) is 6.86. The number of thiophene rings is 1. The SMILES string of the molecule is COCCCS(=O)(=O)NCc1sccc1/C=C/C(=O)O. The van der Waals surface area contributed by atoms with Gasteiger partial charge in [0.1, 0.15) is 0 Å². The number of hydrogen-bond acceptors (Lipinski definition) is 5. The third-order valence-corrected chi connectivity index (χ3v) is 4.75. The number of sulfonamides is 1. The number of ether oxygens (including phenoxy) is 1. The predicted molar refractivity (Wildman–Crippen MR) is 78.1 cm³/mol. The molecule has 20 heavy (non-hydrogen) atoms. The van der Waals surface area contributed by atoms with Crippen LogP contribution in [0.2, 0.25) is 0 Å². The topological polar surface area (TPSA) is 92.7 Å². The molecule has 112 valence electrons. The summed E-state index contributed by atoms with van der Waals surface area (Å²) < 4.78 is 30.7. The van der Waals surface area contributed by atoms with Crippen LogP contribution in [0.5, 0.6) is 0 Å². The minimum atomic E-state index is -3.34. The van der Waals surface area contributed by atoms with Crippen molar-refractivity contribution in [3.8, 4) is 0 Å². The van der Waals surface area contributed by atoms with Gasteiger partial charge in [0.05, 0.1) is 5.75 Å². The molecule has 8 heteroatoms. The van der Waals surface area contributed by atoms with E-state index in [-0.39, 0.29) is 12.3 Å². The van der Waals surface area contributed by atoms with Crippen LogP contribution >= 0.6 is 11.3 Å². The van der Waals surface area contributed by atoms with Crippen LogP contribution in [0.4, 0.5) is 0 Å². The molecule has 0 fully saturated rings. The zero-order valence-corrected chi connectivity index (χ0v) is 12.7. The number of carboxylic acids is 1. The molecule has 1 aromatic heterocycles. The molecule has 1 heterocycles. The first-order valence-corrected chi connectivity index (χ1v) is 8.41. The molecule has 0 atom stereocenters. The highest BCUT2D eigenvalue weighted by Crippen LogP contribution is 2.18. The number of methoxy groups -OCH3 is 1. The molecule has 2 N–H and O–H groups in total. The first-order chi connectivity index (χ1) is 9.44. The second-order valence-corrected chi connectivity index (χ2v) is 6.88. The Balaban J connectivity index is 2.57. The number of carboxylic acid groups (broad SMARTS) is 1. The molecule has 6 nitrogen and oxygen atoms in total. The molecule has 0 amide bonds. The highest BCUT2D eigenvalue weighted by molar-refractivity contribution is 7.89. The van der Waals surface area contributed by atoms with E-state index in [4.69, 9.17) is 9.84 Å². The van der Waals surface area contributed by atoms with Crippen LogP contribution in [0.3, 0.4) is 0 Å². The summed E-state index contributed by atoms with van der Waals surface area (Å²) in [5.41, 5.74) is 0.706. The van der Waals surface area contributed by atoms with E-state index in [0.717, 1.165) is 11.0 Å². The smallest absolute Gasteiger partial charge is 0.328 e. The number of carbonyl (C=O) groups is 1. The monoisotopic (exact) mass is 319 g/mol. The molecule has 0 saturated heterocycles. The number of aliphatic carboxylic acids is 1. The molecule has 0 aliphatic rings. The second kappa shape index (κ2) is 8.15. The lowest BCUT2D eigenvalue weighted by atomic mass is 10.2. The van der Waals surface area contributed by atoms with Crippen LogP contribution in [0, 0.1) is 0 Å². The van der Waals surface area contributed by atoms with Gasteiger partial charge in [0, 0.05) is 31.2 Å². The maximum atomic E-state index is 11.7. The Bertz CT molecular complexity index is 562. The minimum Gasteiger partial charge on any atom is -0.478 e. The molecule has 0 bridgehead atoms. The average molecular weight is 319 g/mol. The van der Waals surface area contributed by atoms with Gasteiger partial charge in [-0.15, -0.1) is 11.3 Å². The Hall–Kier alpha value is -1.22. The van der Waals surface area contributed by atoms with Crippen molar-refractivity contribution >= 4 is 33.4 Å². The van der Waals surface area contributed by atoms with E-state index in [1.165, 1.54) is 24.5 Å². The van der Waals surface area contributed by atoms with Crippen molar-refractivity contribution in [1.29, 1.82) is 0 Å². The molecular formula is C12H17NO5S2. The van der Waals surface area contributed by atoms with E-state index < -0.39 is 16.0 Å². The van der Waals surface area contributed by atoms with Crippen molar-refractivity contribution in [3.05, 3.63) is 28.0 Å². The molecule has 0 saturated carbocycles. The van der Waals surface area contributed by atoms with Crippen LogP contribution in [0.15, 0.2) is 17.5 Å². The lowest BCUT2D eigenvalue weighted by molar-refractivity contribution is -0.131. The maximum absolute atomic E-state index is 11.7. The Labute approximate surface area is 122 Å². The first-order valence-electron chi connectivity index (χ1n) is 5.88. The van der Waals surface area contributed by atoms with Crippen LogP contribution in [-0.4, -0.2) is 39.0 Å². The van der Waals surface area contributed by atoms with Crippen molar-refractivity contribution in [1.82, 2.24) is 4.72 Å².